The third kappa shape index (κ3) is 2.76. The molecule has 0 saturated heterocycles. The first-order valence-corrected chi connectivity index (χ1v) is 6.25. The summed E-state index contributed by atoms with van der Waals surface area (Å²) in [5.74, 6) is -0.894. The molecule has 0 saturated carbocycles. The van der Waals surface area contributed by atoms with Crippen LogP contribution in [-0.2, 0) is 15.8 Å². The van der Waals surface area contributed by atoms with Crippen molar-refractivity contribution in [3.8, 4) is 0 Å². The molecule has 0 bridgehead atoms. The van der Waals surface area contributed by atoms with Crippen molar-refractivity contribution >= 4 is 26.0 Å². The standard InChI is InChI=1S/C8H9BrFNO2S/c1-11-14(12,13)5-6-7(9)3-2-4-8(6)10/h2-4,11H,5H2,1H3. The van der Waals surface area contributed by atoms with Crippen LogP contribution in [0.1, 0.15) is 5.56 Å². The maximum Gasteiger partial charge on any atom is 0.215 e. The zero-order valence-electron chi connectivity index (χ0n) is 7.42. The molecule has 0 atom stereocenters. The summed E-state index contributed by atoms with van der Waals surface area (Å²) in [6.45, 7) is 0. The molecule has 0 aromatic heterocycles. The minimum absolute atomic E-state index is 0.141. The average Bonchev–Trinajstić information content (AvgIpc) is 2.12. The quantitative estimate of drug-likeness (QED) is 0.916. The Morgan fingerprint density at radius 1 is 1.50 bits per heavy atom. The topological polar surface area (TPSA) is 46.2 Å². The SMILES string of the molecule is CNS(=O)(=O)Cc1c(F)cccc1Br. The van der Waals surface area contributed by atoms with Gasteiger partial charge < -0.3 is 0 Å². The Balaban J connectivity index is 3.09. The second-order valence-electron chi connectivity index (χ2n) is 2.66. The first-order chi connectivity index (χ1) is 6.46. The summed E-state index contributed by atoms with van der Waals surface area (Å²) in [5.41, 5.74) is 0.141. The smallest absolute Gasteiger partial charge is 0.215 e. The van der Waals surface area contributed by atoms with Gasteiger partial charge in [-0.15, -0.1) is 0 Å². The highest BCUT2D eigenvalue weighted by atomic mass is 79.9. The molecular weight excluding hydrogens is 273 g/mol. The van der Waals surface area contributed by atoms with E-state index >= 15 is 0 Å². The second kappa shape index (κ2) is 4.37. The van der Waals surface area contributed by atoms with Crippen LogP contribution in [0.25, 0.3) is 0 Å². The van der Waals surface area contributed by atoms with Gasteiger partial charge >= 0.3 is 0 Å². The van der Waals surface area contributed by atoms with Crippen LogP contribution in [0.4, 0.5) is 4.39 Å². The molecule has 78 valence electrons. The van der Waals surface area contributed by atoms with E-state index in [-0.39, 0.29) is 11.3 Å². The highest BCUT2D eigenvalue weighted by molar-refractivity contribution is 9.10. The molecule has 0 aliphatic heterocycles. The van der Waals surface area contributed by atoms with Crippen molar-refractivity contribution < 1.29 is 12.8 Å². The normalized spacial score (nSPS) is 11.6. The predicted molar refractivity (Wildman–Crippen MR) is 55.8 cm³/mol. The van der Waals surface area contributed by atoms with Gasteiger partial charge in [-0.1, -0.05) is 22.0 Å². The van der Waals surface area contributed by atoms with E-state index in [4.69, 9.17) is 0 Å². The number of benzene rings is 1. The molecule has 14 heavy (non-hydrogen) atoms. The van der Waals surface area contributed by atoms with Crippen LogP contribution in [0.2, 0.25) is 0 Å². The molecule has 0 fully saturated rings. The minimum Gasteiger partial charge on any atom is -0.218 e. The van der Waals surface area contributed by atoms with Crippen molar-refractivity contribution in [2.45, 2.75) is 5.75 Å². The molecule has 1 N–H and O–H groups in total. The first kappa shape index (κ1) is 11.6. The van der Waals surface area contributed by atoms with Gasteiger partial charge in [0.25, 0.3) is 0 Å². The fraction of sp³-hybridized carbons (Fsp3) is 0.250. The Labute approximate surface area is 90.5 Å². The number of halogens is 2. The fourth-order valence-corrected chi connectivity index (χ4v) is 2.42. The lowest BCUT2D eigenvalue weighted by molar-refractivity contribution is 0.580. The number of hydrogen-bond donors (Lipinski definition) is 1. The molecule has 0 unspecified atom stereocenters. The summed E-state index contributed by atoms with van der Waals surface area (Å²) in [6, 6.07) is 4.34. The lowest BCUT2D eigenvalue weighted by Gasteiger charge is -2.05. The molecule has 0 aliphatic carbocycles. The zero-order valence-corrected chi connectivity index (χ0v) is 9.82. The van der Waals surface area contributed by atoms with Crippen molar-refractivity contribution in [3.05, 3.63) is 34.1 Å². The Kier molecular flexibility index (Phi) is 3.63. The molecule has 0 aliphatic rings. The van der Waals surface area contributed by atoms with E-state index in [9.17, 15) is 12.8 Å². The van der Waals surface area contributed by atoms with Gasteiger partial charge in [-0.2, -0.15) is 0 Å². The van der Waals surface area contributed by atoms with Crippen LogP contribution >= 0.6 is 15.9 Å². The van der Waals surface area contributed by atoms with Crippen LogP contribution in [0.15, 0.2) is 22.7 Å². The molecular formula is C8H9BrFNO2S. The summed E-state index contributed by atoms with van der Waals surface area (Å²) in [6.07, 6.45) is 0. The van der Waals surface area contributed by atoms with E-state index in [1.807, 2.05) is 0 Å². The molecule has 0 spiro atoms. The Morgan fingerprint density at radius 2 is 2.14 bits per heavy atom. The van der Waals surface area contributed by atoms with Crippen molar-refractivity contribution in [2.75, 3.05) is 7.05 Å². The highest BCUT2D eigenvalue weighted by Gasteiger charge is 2.14. The summed E-state index contributed by atoms with van der Waals surface area (Å²) < 4.78 is 38.1. The van der Waals surface area contributed by atoms with Crippen LogP contribution in [0.5, 0.6) is 0 Å². The number of nitrogens with one attached hydrogen (secondary N) is 1. The van der Waals surface area contributed by atoms with E-state index in [2.05, 4.69) is 20.7 Å². The monoisotopic (exact) mass is 281 g/mol. The molecule has 0 radical (unpaired) electrons. The summed E-state index contributed by atoms with van der Waals surface area (Å²) >= 11 is 3.10. The molecule has 1 rings (SSSR count). The van der Waals surface area contributed by atoms with Gasteiger partial charge in [-0.05, 0) is 19.2 Å². The van der Waals surface area contributed by atoms with Crippen LogP contribution < -0.4 is 4.72 Å². The lowest BCUT2D eigenvalue weighted by Crippen LogP contribution is -2.21. The fourth-order valence-electron chi connectivity index (χ4n) is 0.932. The van der Waals surface area contributed by atoms with Gasteiger partial charge in [0.05, 0.1) is 5.75 Å². The average molecular weight is 282 g/mol. The molecule has 0 heterocycles. The van der Waals surface area contributed by atoms with Crippen LogP contribution in [0, 0.1) is 5.82 Å². The summed E-state index contributed by atoms with van der Waals surface area (Å²) in [4.78, 5) is 0. The van der Waals surface area contributed by atoms with Gasteiger partial charge in [0.1, 0.15) is 5.82 Å². The lowest BCUT2D eigenvalue weighted by atomic mass is 10.2. The van der Waals surface area contributed by atoms with Gasteiger partial charge in [-0.25, -0.2) is 17.5 Å². The maximum absolute atomic E-state index is 13.2. The van der Waals surface area contributed by atoms with Gasteiger partial charge in [0, 0.05) is 10.0 Å². The van der Waals surface area contributed by atoms with Crippen molar-refractivity contribution in [3.63, 3.8) is 0 Å². The van der Waals surface area contributed by atoms with Crippen LogP contribution in [0.3, 0.4) is 0 Å². The van der Waals surface area contributed by atoms with Crippen molar-refractivity contribution in [1.82, 2.24) is 4.72 Å². The van der Waals surface area contributed by atoms with E-state index in [1.165, 1.54) is 19.2 Å². The third-order valence-corrected chi connectivity index (χ3v) is 3.74. The molecule has 6 heteroatoms. The Bertz CT molecular complexity index is 413. The Hall–Kier alpha value is -0.460. The number of rotatable bonds is 3. The second-order valence-corrected chi connectivity index (χ2v) is 5.44. The van der Waals surface area contributed by atoms with Gasteiger partial charge in [0.15, 0.2) is 0 Å². The zero-order chi connectivity index (χ0) is 10.8. The summed E-state index contributed by atoms with van der Waals surface area (Å²) in [5, 5.41) is 0. The molecule has 1 aromatic rings. The Morgan fingerprint density at radius 3 is 2.64 bits per heavy atom. The molecule has 1 aromatic carbocycles. The van der Waals surface area contributed by atoms with E-state index in [0.717, 1.165) is 0 Å². The maximum atomic E-state index is 13.2. The highest BCUT2D eigenvalue weighted by Crippen LogP contribution is 2.21. The molecule has 0 amide bonds. The van der Waals surface area contributed by atoms with Crippen molar-refractivity contribution in [2.24, 2.45) is 0 Å². The van der Waals surface area contributed by atoms with E-state index < -0.39 is 15.8 Å². The minimum atomic E-state index is -3.44. The third-order valence-electron chi connectivity index (χ3n) is 1.71. The predicted octanol–water partition coefficient (Wildman–Crippen LogP) is 1.64. The first-order valence-electron chi connectivity index (χ1n) is 3.80. The summed E-state index contributed by atoms with van der Waals surface area (Å²) in [7, 11) is -2.14. The molecule has 3 nitrogen and oxygen atoms in total. The van der Waals surface area contributed by atoms with Gasteiger partial charge in [0.2, 0.25) is 10.0 Å². The number of sulfonamides is 1. The van der Waals surface area contributed by atoms with Crippen molar-refractivity contribution in [1.29, 1.82) is 0 Å². The van der Waals surface area contributed by atoms with Crippen LogP contribution in [-0.4, -0.2) is 15.5 Å². The largest absolute Gasteiger partial charge is 0.218 e. The number of hydrogen-bond acceptors (Lipinski definition) is 2. The van der Waals surface area contributed by atoms with E-state index in [1.54, 1.807) is 6.07 Å². The van der Waals surface area contributed by atoms with Gasteiger partial charge in [-0.3, -0.25) is 0 Å². The van der Waals surface area contributed by atoms with E-state index in [0.29, 0.717) is 4.47 Å².